The molecule has 0 unspecified atom stereocenters. The molecule has 31 heavy (non-hydrogen) atoms. The summed E-state index contributed by atoms with van der Waals surface area (Å²) >= 11 is 2.15. The van der Waals surface area contributed by atoms with Gasteiger partial charge < -0.3 is 14.8 Å². The number of carbonyl (C=O) groups is 1. The van der Waals surface area contributed by atoms with Crippen LogP contribution in [-0.2, 0) is 11.4 Å². The lowest BCUT2D eigenvalue weighted by Crippen LogP contribution is -2.13. The first-order valence-electron chi connectivity index (χ1n) is 9.22. The van der Waals surface area contributed by atoms with E-state index in [0.717, 1.165) is 9.13 Å². The van der Waals surface area contributed by atoms with Crippen molar-refractivity contribution in [2.24, 2.45) is 0 Å². The summed E-state index contributed by atoms with van der Waals surface area (Å²) in [5.74, 6) is 0.133. The summed E-state index contributed by atoms with van der Waals surface area (Å²) in [6.45, 7) is 0.244. The molecule has 0 aliphatic rings. The molecular weight excluding hydrogens is 510 g/mol. The van der Waals surface area contributed by atoms with E-state index in [1.165, 1.54) is 25.3 Å². The van der Waals surface area contributed by atoms with E-state index in [1.807, 2.05) is 24.3 Å². The summed E-state index contributed by atoms with van der Waals surface area (Å²) in [6, 6.07) is 20.3. The minimum atomic E-state index is -0.500. The Hall–Kier alpha value is -3.38. The molecular formula is C24H18FIN2O3. The van der Waals surface area contributed by atoms with Gasteiger partial charge in [-0.25, -0.2) is 4.39 Å². The molecule has 0 aromatic heterocycles. The van der Waals surface area contributed by atoms with E-state index >= 15 is 0 Å². The highest BCUT2D eigenvalue weighted by molar-refractivity contribution is 14.1. The zero-order valence-electron chi connectivity index (χ0n) is 16.6. The Morgan fingerprint density at radius 1 is 1.13 bits per heavy atom. The van der Waals surface area contributed by atoms with Gasteiger partial charge >= 0.3 is 0 Å². The van der Waals surface area contributed by atoms with E-state index in [0.29, 0.717) is 22.7 Å². The predicted molar refractivity (Wildman–Crippen MR) is 125 cm³/mol. The summed E-state index contributed by atoms with van der Waals surface area (Å²) in [5, 5.41) is 12.2. The molecule has 1 N–H and O–H groups in total. The first-order valence-corrected chi connectivity index (χ1v) is 10.3. The number of ether oxygens (including phenoxy) is 2. The summed E-state index contributed by atoms with van der Waals surface area (Å²) < 4.78 is 25.1. The Labute approximate surface area is 193 Å². The molecule has 5 nitrogen and oxygen atoms in total. The average molecular weight is 528 g/mol. The molecule has 0 saturated heterocycles. The lowest BCUT2D eigenvalue weighted by Gasteiger charge is -2.12. The molecule has 156 valence electrons. The van der Waals surface area contributed by atoms with Crippen LogP contribution < -0.4 is 14.8 Å². The van der Waals surface area contributed by atoms with E-state index in [4.69, 9.17) is 9.47 Å². The van der Waals surface area contributed by atoms with Gasteiger partial charge in [-0.05, 0) is 82.3 Å². The quantitative estimate of drug-likeness (QED) is 0.248. The van der Waals surface area contributed by atoms with Crippen LogP contribution in [0.2, 0.25) is 0 Å². The second-order valence-electron chi connectivity index (χ2n) is 6.46. The van der Waals surface area contributed by atoms with Gasteiger partial charge in [0.1, 0.15) is 24.1 Å². The van der Waals surface area contributed by atoms with Crippen molar-refractivity contribution in [2.75, 3.05) is 12.4 Å². The SMILES string of the molecule is COc1cc(/C=C(\C#N)C(=O)Nc2cccc(I)c2)ccc1OCc1ccc(F)cc1. The Morgan fingerprint density at radius 2 is 1.90 bits per heavy atom. The summed E-state index contributed by atoms with van der Waals surface area (Å²) in [5.41, 5.74) is 1.99. The fourth-order valence-electron chi connectivity index (χ4n) is 2.71. The monoisotopic (exact) mass is 528 g/mol. The highest BCUT2D eigenvalue weighted by Crippen LogP contribution is 2.30. The molecule has 0 saturated carbocycles. The van der Waals surface area contributed by atoms with Gasteiger partial charge in [-0.2, -0.15) is 5.26 Å². The minimum Gasteiger partial charge on any atom is -0.493 e. The highest BCUT2D eigenvalue weighted by atomic mass is 127. The molecule has 3 rings (SSSR count). The number of amides is 1. The van der Waals surface area contributed by atoms with Gasteiger partial charge in [0, 0.05) is 9.26 Å². The number of hydrogen-bond donors (Lipinski definition) is 1. The van der Waals surface area contributed by atoms with Crippen LogP contribution >= 0.6 is 22.6 Å². The van der Waals surface area contributed by atoms with E-state index in [2.05, 4.69) is 27.9 Å². The largest absolute Gasteiger partial charge is 0.493 e. The molecule has 3 aromatic rings. The maximum Gasteiger partial charge on any atom is 0.266 e. The first-order chi connectivity index (χ1) is 15.0. The maximum atomic E-state index is 13.0. The number of carbonyl (C=O) groups excluding carboxylic acids is 1. The molecule has 0 fully saturated rings. The molecule has 0 aliphatic heterocycles. The zero-order valence-corrected chi connectivity index (χ0v) is 18.7. The number of nitrogens with zero attached hydrogens (tertiary/aromatic N) is 1. The Morgan fingerprint density at radius 3 is 2.58 bits per heavy atom. The highest BCUT2D eigenvalue weighted by Gasteiger charge is 2.12. The fourth-order valence-corrected chi connectivity index (χ4v) is 3.26. The van der Waals surface area contributed by atoms with E-state index < -0.39 is 5.91 Å². The van der Waals surface area contributed by atoms with Gasteiger partial charge in [-0.1, -0.05) is 24.3 Å². The van der Waals surface area contributed by atoms with Crippen molar-refractivity contribution in [1.29, 1.82) is 5.26 Å². The Balaban J connectivity index is 1.74. The van der Waals surface area contributed by atoms with Gasteiger partial charge in [0.2, 0.25) is 0 Å². The third kappa shape index (κ3) is 6.30. The van der Waals surface area contributed by atoms with Gasteiger partial charge in [0.05, 0.1) is 7.11 Å². The standard InChI is InChI=1S/C24H18FIN2O3/c1-30-23-12-17(7-10-22(23)31-15-16-5-8-19(25)9-6-16)11-18(14-27)24(29)28-21-4-2-3-20(26)13-21/h2-13H,15H2,1H3,(H,28,29)/b18-11+. The number of benzene rings is 3. The van der Waals surface area contributed by atoms with Crippen molar-refractivity contribution in [3.05, 3.63) is 92.8 Å². The fraction of sp³-hybridized carbons (Fsp3) is 0.0833. The van der Waals surface area contributed by atoms with Crippen molar-refractivity contribution < 1.29 is 18.7 Å². The second-order valence-corrected chi connectivity index (χ2v) is 7.71. The summed E-state index contributed by atoms with van der Waals surface area (Å²) in [7, 11) is 1.50. The molecule has 0 heterocycles. The summed E-state index contributed by atoms with van der Waals surface area (Å²) in [6.07, 6.45) is 1.48. The van der Waals surface area contributed by atoms with E-state index in [-0.39, 0.29) is 18.0 Å². The van der Waals surface area contributed by atoms with E-state index in [1.54, 1.807) is 36.4 Å². The van der Waals surface area contributed by atoms with Gasteiger partial charge in [0.15, 0.2) is 11.5 Å². The van der Waals surface area contributed by atoms with Crippen LogP contribution in [0, 0.1) is 20.7 Å². The predicted octanol–water partition coefficient (Wildman–Crippen LogP) is 5.56. The number of hydrogen-bond acceptors (Lipinski definition) is 4. The molecule has 0 radical (unpaired) electrons. The molecule has 3 aromatic carbocycles. The van der Waals surface area contributed by atoms with Crippen LogP contribution in [0.5, 0.6) is 11.5 Å². The minimum absolute atomic E-state index is 0.0408. The number of halogens is 2. The van der Waals surface area contributed by atoms with Crippen molar-refractivity contribution >= 4 is 40.3 Å². The topological polar surface area (TPSA) is 71.3 Å². The van der Waals surface area contributed by atoms with Crippen LogP contribution in [0.4, 0.5) is 10.1 Å². The third-order valence-corrected chi connectivity index (χ3v) is 4.92. The Bertz CT molecular complexity index is 1150. The van der Waals surface area contributed by atoms with Gasteiger partial charge in [-0.15, -0.1) is 0 Å². The van der Waals surface area contributed by atoms with Crippen LogP contribution in [-0.4, -0.2) is 13.0 Å². The third-order valence-electron chi connectivity index (χ3n) is 4.25. The lowest BCUT2D eigenvalue weighted by molar-refractivity contribution is -0.112. The van der Waals surface area contributed by atoms with Gasteiger partial charge in [-0.3, -0.25) is 4.79 Å². The number of rotatable bonds is 7. The normalized spacial score (nSPS) is 10.8. The molecule has 7 heteroatoms. The molecule has 0 aliphatic carbocycles. The van der Waals surface area contributed by atoms with E-state index in [9.17, 15) is 14.4 Å². The maximum absolute atomic E-state index is 13.0. The molecule has 0 bridgehead atoms. The number of methoxy groups -OCH3 is 1. The van der Waals surface area contributed by atoms with Crippen LogP contribution in [0.25, 0.3) is 6.08 Å². The number of anilines is 1. The average Bonchev–Trinajstić information content (AvgIpc) is 2.77. The summed E-state index contributed by atoms with van der Waals surface area (Å²) in [4.78, 5) is 12.5. The lowest BCUT2D eigenvalue weighted by atomic mass is 10.1. The van der Waals surface area contributed by atoms with Gasteiger partial charge in [0.25, 0.3) is 5.91 Å². The molecule has 0 spiro atoms. The van der Waals surface area contributed by atoms with Crippen LogP contribution in [0.15, 0.2) is 72.3 Å². The Kier molecular flexibility index (Phi) is 7.62. The second kappa shape index (κ2) is 10.6. The smallest absolute Gasteiger partial charge is 0.266 e. The van der Waals surface area contributed by atoms with Crippen molar-refractivity contribution in [3.8, 4) is 17.6 Å². The zero-order chi connectivity index (χ0) is 22.2. The molecule has 0 atom stereocenters. The van der Waals surface area contributed by atoms with Crippen molar-refractivity contribution in [1.82, 2.24) is 0 Å². The first kappa shape index (κ1) is 22.3. The van der Waals surface area contributed by atoms with Crippen molar-refractivity contribution in [3.63, 3.8) is 0 Å². The van der Waals surface area contributed by atoms with Crippen LogP contribution in [0.3, 0.4) is 0 Å². The van der Waals surface area contributed by atoms with Crippen LogP contribution in [0.1, 0.15) is 11.1 Å². The number of nitrogens with one attached hydrogen (secondary N) is 1. The molecule has 1 amide bonds. The van der Waals surface area contributed by atoms with Crippen molar-refractivity contribution in [2.45, 2.75) is 6.61 Å². The number of nitriles is 1.